The Bertz CT molecular complexity index is 554. The van der Waals surface area contributed by atoms with E-state index in [0.29, 0.717) is 5.88 Å². The summed E-state index contributed by atoms with van der Waals surface area (Å²) in [6.07, 6.45) is 0. The topological polar surface area (TPSA) is 50.3 Å². The molecule has 0 aliphatic heterocycles. The fourth-order valence-electron chi connectivity index (χ4n) is 2.60. The third kappa shape index (κ3) is 7.91. The first-order valence-electron chi connectivity index (χ1n) is 8.89. The summed E-state index contributed by atoms with van der Waals surface area (Å²) in [5.74, 6) is -0.552. The molecule has 0 radical (unpaired) electrons. The molecular formula is C19H33ClN4O2. The molecule has 0 amide bonds. The van der Waals surface area contributed by atoms with Gasteiger partial charge in [0.25, 0.3) is 0 Å². The van der Waals surface area contributed by atoms with Gasteiger partial charge in [0, 0.05) is 57.9 Å². The fourth-order valence-corrected chi connectivity index (χ4v) is 2.82. The van der Waals surface area contributed by atoms with E-state index in [4.69, 9.17) is 11.6 Å². The van der Waals surface area contributed by atoms with Crippen LogP contribution >= 0.6 is 11.6 Å². The summed E-state index contributed by atoms with van der Waals surface area (Å²) in [4.78, 5) is 20.2. The Morgan fingerprint density at radius 3 is 1.92 bits per heavy atom. The van der Waals surface area contributed by atoms with Crippen molar-refractivity contribution in [3.63, 3.8) is 0 Å². The van der Waals surface area contributed by atoms with E-state index in [-0.39, 0.29) is 5.56 Å². The van der Waals surface area contributed by atoms with Crippen molar-refractivity contribution >= 4 is 23.3 Å². The van der Waals surface area contributed by atoms with E-state index < -0.39 is 5.97 Å². The van der Waals surface area contributed by atoms with Crippen molar-refractivity contribution in [1.82, 2.24) is 14.7 Å². The van der Waals surface area contributed by atoms with Crippen LogP contribution in [0.25, 0.3) is 0 Å². The Balaban J connectivity index is 2.77. The number of benzene rings is 1. The number of likely N-dealkylation sites (N-methyl/N-ethyl adjacent to an activating group) is 3. The Morgan fingerprint density at radius 2 is 1.46 bits per heavy atom. The molecule has 0 spiro atoms. The van der Waals surface area contributed by atoms with Crippen LogP contribution in [0.5, 0.6) is 0 Å². The van der Waals surface area contributed by atoms with Gasteiger partial charge in [0.1, 0.15) is 0 Å². The summed E-state index contributed by atoms with van der Waals surface area (Å²) in [7, 11) is 10.3. The summed E-state index contributed by atoms with van der Waals surface area (Å²) in [6.45, 7) is 5.76. The molecule has 7 heteroatoms. The van der Waals surface area contributed by atoms with Crippen molar-refractivity contribution < 1.29 is 9.90 Å². The number of anilines is 1. The first-order chi connectivity index (χ1) is 12.2. The number of rotatable bonds is 12. The maximum atomic E-state index is 11.3. The van der Waals surface area contributed by atoms with Gasteiger partial charge >= 0.3 is 5.97 Å². The zero-order chi connectivity index (χ0) is 19.7. The Morgan fingerprint density at radius 1 is 0.923 bits per heavy atom. The average molecular weight is 385 g/mol. The van der Waals surface area contributed by atoms with E-state index in [1.54, 1.807) is 18.2 Å². The second-order valence-electron chi connectivity index (χ2n) is 7.15. The molecule has 26 heavy (non-hydrogen) atoms. The maximum absolute atomic E-state index is 11.3. The molecule has 0 fully saturated rings. The minimum Gasteiger partial charge on any atom is -0.478 e. The number of aromatic carboxylic acids is 1. The van der Waals surface area contributed by atoms with Gasteiger partial charge in [0.05, 0.1) is 5.56 Å². The molecule has 0 unspecified atom stereocenters. The molecule has 1 aromatic rings. The molecule has 0 bridgehead atoms. The van der Waals surface area contributed by atoms with Crippen LogP contribution in [0.2, 0.25) is 0 Å². The number of carboxylic acid groups (broad SMARTS) is 1. The van der Waals surface area contributed by atoms with Crippen LogP contribution in [0, 0.1) is 0 Å². The lowest BCUT2D eigenvalue weighted by Crippen LogP contribution is -2.40. The van der Waals surface area contributed by atoms with Crippen LogP contribution in [-0.4, -0.2) is 100 Å². The monoisotopic (exact) mass is 384 g/mol. The average Bonchev–Trinajstić information content (AvgIpc) is 2.59. The highest BCUT2D eigenvalue weighted by molar-refractivity contribution is 6.17. The van der Waals surface area contributed by atoms with Crippen molar-refractivity contribution in [2.24, 2.45) is 0 Å². The van der Waals surface area contributed by atoms with Crippen LogP contribution in [0.1, 0.15) is 15.9 Å². The van der Waals surface area contributed by atoms with E-state index in [9.17, 15) is 9.90 Å². The van der Waals surface area contributed by atoms with Crippen LogP contribution in [0.15, 0.2) is 18.2 Å². The lowest BCUT2D eigenvalue weighted by molar-refractivity contribution is 0.0697. The molecule has 0 saturated heterocycles. The predicted molar refractivity (Wildman–Crippen MR) is 110 cm³/mol. The Labute approximate surface area is 162 Å². The van der Waals surface area contributed by atoms with Gasteiger partial charge < -0.3 is 19.8 Å². The molecule has 6 nitrogen and oxygen atoms in total. The van der Waals surface area contributed by atoms with Gasteiger partial charge in [-0.05, 0) is 45.9 Å². The zero-order valence-corrected chi connectivity index (χ0v) is 17.5. The number of hydrogen-bond acceptors (Lipinski definition) is 5. The SMILES string of the molecule is CN(C)CCN(CCN(C)C)CCN(C)c1cc(C(=O)O)ccc1CCl. The molecule has 1 aromatic carbocycles. The number of hydrogen-bond donors (Lipinski definition) is 1. The predicted octanol–water partition coefficient (Wildman–Crippen LogP) is 1.99. The lowest BCUT2D eigenvalue weighted by atomic mass is 10.1. The van der Waals surface area contributed by atoms with Crippen LogP contribution in [0.3, 0.4) is 0 Å². The molecule has 0 heterocycles. The molecule has 0 aliphatic rings. The highest BCUT2D eigenvalue weighted by atomic mass is 35.5. The van der Waals surface area contributed by atoms with Crippen molar-refractivity contribution in [1.29, 1.82) is 0 Å². The third-order valence-electron chi connectivity index (χ3n) is 4.37. The first-order valence-corrected chi connectivity index (χ1v) is 9.43. The minimum absolute atomic E-state index is 0.290. The van der Waals surface area contributed by atoms with Gasteiger partial charge in [-0.3, -0.25) is 4.90 Å². The molecule has 0 atom stereocenters. The molecule has 0 aromatic heterocycles. The summed E-state index contributed by atoms with van der Waals surface area (Å²) >= 11 is 6.04. The minimum atomic E-state index is -0.917. The van der Waals surface area contributed by atoms with Gasteiger partial charge in [-0.2, -0.15) is 0 Å². The number of halogens is 1. The second-order valence-corrected chi connectivity index (χ2v) is 7.42. The molecule has 1 N–H and O–H groups in total. The van der Waals surface area contributed by atoms with Crippen molar-refractivity contribution in [3.05, 3.63) is 29.3 Å². The largest absolute Gasteiger partial charge is 0.478 e. The Hall–Kier alpha value is -1.34. The van der Waals surface area contributed by atoms with Gasteiger partial charge in [0.2, 0.25) is 0 Å². The van der Waals surface area contributed by atoms with E-state index in [1.807, 2.05) is 7.05 Å². The number of carbonyl (C=O) groups is 1. The van der Waals surface area contributed by atoms with Gasteiger partial charge in [-0.25, -0.2) is 4.79 Å². The molecular weight excluding hydrogens is 352 g/mol. The van der Waals surface area contributed by atoms with E-state index in [2.05, 4.69) is 47.8 Å². The molecule has 1 rings (SSSR count). The van der Waals surface area contributed by atoms with Crippen LogP contribution < -0.4 is 4.90 Å². The first kappa shape index (κ1) is 22.7. The van der Waals surface area contributed by atoms with Crippen molar-refractivity contribution in [3.8, 4) is 0 Å². The molecule has 148 valence electrons. The summed E-state index contributed by atoms with van der Waals surface area (Å²) in [6, 6.07) is 5.13. The molecule has 0 aliphatic carbocycles. The van der Waals surface area contributed by atoms with Crippen molar-refractivity contribution in [2.45, 2.75) is 5.88 Å². The second kappa shape index (κ2) is 11.4. The van der Waals surface area contributed by atoms with E-state index in [1.165, 1.54) is 0 Å². The van der Waals surface area contributed by atoms with Gasteiger partial charge in [0.15, 0.2) is 0 Å². The van der Waals surface area contributed by atoms with E-state index >= 15 is 0 Å². The van der Waals surface area contributed by atoms with Gasteiger partial charge in [-0.1, -0.05) is 6.07 Å². The van der Waals surface area contributed by atoms with Crippen molar-refractivity contribution in [2.75, 3.05) is 79.4 Å². The van der Waals surface area contributed by atoms with Crippen LogP contribution in [0.4, 0.5) is 5.69 Å². The number of nitrogens with zero attached hydrogens (tertiary/aromatic N) is 4. The third-order valence-corrected chi connectivity index (χ3v) is 4.65. The highest BCUT2D eigenvalue weighted by Crippen LogP contribution is 2.23. The maximum Gasteiger partial charge on any atom is 0.335 e. The number of alkyl halides is 1. The standard InChI is InChI=1S/C19H33ClN4O2/c1-21(2)8-11-24(12-9-22(3)4)13-10-23(5)18-14-16(19(25)26)6-7-17(18)15-20/h6-7,14H,8-13,15H2,1-5H3,(H,25,26). The summed E-state index contributed by atoms with van der Waals surface area (Å²) in [5, 5.41) is 9.25. The van der Waals surface area contributed by atoms with Crippen LogP contribution in [-0.2, 0) is 5.88 Å². The highest BCUT2D eigenvalue weighted by Gasteiger charge is 2.13. The molecule has 0 saturated carbocycles. The summed E-state index contributed by atoms with van der Waals surface area (Å²) in [5.41, 5.74) is 2.13. The smallest absolute Gasteiger partial charge is 0.335 e. The van der Waals surface area contributed by atoms with E-state index in [0.717, 1.165) is 50.5 Å². The Kier molecular flexibility index (Phi) is 9.94. The zero-order valence-electron chi connectivity index (χ0n) is 16.7. The summed E-state index contributed by atoms with van der Waals surface area (Å²) < 4.78 is 0. The fraction of sp³-hybridized carbons (Fsp3) is 0.632. The quantitative estimate of drug-likeness (QED) is 0.556. The van der Waals surface area contributed by atoms with Gasteiger partial charge in [-0.15, -0.1) is 11.6 Å². The normalized spacial score (nSPS) is 11.6. The lowest BCUT2D eigenvalue weighted by Gasteiger charge is -2.29. The number of carboxylic acids is 1.